The lowest BCUT2D eigenvalue weighted by Gasteiger charge is -2.02. The van der Waals surface area contributed by atoms with Crippen LogP contribution in [0, 0.1) is 0 Å². The van der Waals surface area contributed by atoms with Crippen LogP contribution in [0.1, 0.15) is 22.8 Å². The van der Waals surface area contributed by atoms with Crippen LogP contribution in [-0.2, 0) is 6.61 Å². The van der Waals surface area contributed by atoms with Crippen LogP contribution >= 0.6 is 0 Å². The maximum absolute atomic E-state index is 10.9. The van der Waals surface area contributed by atoms with E-state index in [0.717, 1.165) is 0 Å². The Morgan fingerprint density at radius 1 is 1.58 bits per heavy atom. The van der Waals surface area contributed by atoms with Gasteiger partial charge in [-0.25, -0.2) is 0 Å². The summed E-state index contributed by atoms with van der Waals surface area (Å²) in [6, 6.07) is 4.89. The number of benzene rings is 1. The van der Waals surface area contributed by atoms with Crippen molar-refractivity contribution in [3.8, 4) is 0 Å². The highest BCUT2D eigenvalue weighted by atomic mass is 16.3. The molecule has 0 saturated carbocycles. The van der Waals surface area contributed by atoms with Crippen LogP contribution in [0.4, 0.5) is 5.69 Å². The summed E-state index contributed by atoms with van der Waals surface area (Å²) in [5, 5.41) is 8.78. The van der Waals surface area contributed by atoms with Crippen LogP contribution in [0.15, 0.2) is 18.2 Å². The van der Waals surface area contributed by atoms with E-state index in [9.17, 15) is 4.79 Å². The average Bonchev–Trinajstić information content (AvgIpc) is 2.04. The minimum Gasteiger partial charge on any atom is -0.398 e. The molecule has 3 nitrogen and oxygen atoms in total. The molecule has 1 aromatic carbocycles. The van der Waals surface area contributed by atoms with Gasteiger partial charge in [-0.2, -0.15) is 0 Å². The van der Waals surface area contributed by atoms with Crippen molar-refractivity contribution < 1.29 is 9.90 Å². The fraction of sp³-hybridized carbons (Fsp3) is 0.222. The Balaban J connectivity index is 3.10. The second-order valence-corrected chi connectivity index (χ2v) is 2.63. The quantitative estimate of drug-likeness (QED) is 0.507. The number of aliphatic hydroxyl groups is 1. The van der Waals surface area contributed by atoms with E-state index in [4.69, 9.17) is 10.8 Å². The van der Waals surface area contributed by atoms with Gasteiger partial charge in [0.15, 0.2) is 5.78 Å². The largest absolute Gasteiger partial charge is 0.398 e. The molecule has 0 aliphatic heterocycles. The normalized spacial score (nSPS) is 9.83. The molecule has 0 amide bonds. The first-order chi connectivity index (χ1) is 5.65. The van der Waals surface area contributed by atoms with Gasteiger partial charge < -0.3 is 10.8 Å². The number of Topliss-reactive ketones (excluding diaryl/α,β-unsaturated/α-hetero) is 1. The van der Waals surface area contributed by atoms with Crippen LogP contribution in [0.2, 0.25) is 0 Å². The number of rotatable bonds is 2. The second kappa shape index (κ2) is 3.36. The van der Waals surface area contributed by atoms with E-state index in [0.29, 0.717) is 16.8 Å². The molecule has 64 valence electrons. The van der Waals surface area contributed by atoms with Crippen LogP contribution < -0.4 is 5.73 Å². The SMILES string of the molecule is CC(=O)c1ccc(CO)c(N)c1. The third-order valence-electron chi connectivity index (χ3n) is 1.72. The Kier molecular flexibility index (Phi) is 2.45. The van der Waals surface area contributed by atoms with E-state index in [1.54, 1.807) is 18.2 Å². The minimum atomic E-state index is -0.0932. The lowest BCUT2D eigenvalue weighted by Crippen LogP contribution is -1.98. The van der Waals surface area contributed by atoms with Crippen molar-refractivity contribution in [3.63, 3.8) is 0 Å². The Morgan fingerprint density at radius 3 is 2.67 bits per heavy atom. The van der Waals surface area contributed by atoms with Crippen molar-refractivity contribution in [3.05, 3.63) is 29.3 Å². The first kappa shape index (κ1) is 8.74. The maximum Gasteiger partial charge on any atom is 0.159 e. The molecule has 0 fully saturated rings. The average molecular weight is 165 g/mol. The zero-order chi connectivity index (χ0) is 9.14. The molecule has 0 heterocycles. The molecule has 0 aromatic heterocycles. The zero-order valence-corrected chi connectivity index (χ0v) is 6.87. The molecule has 0 aliphatic carbocycles. The van der Waals surface area contributed by atoms with Crippen LogP contribution in [0.5, 0.6) is 0 Å². The molecule has 0 aliphatic rings. The van der Waals surface area contributed by atoms with Crippen molar-refractivity contribution in [2.24, 2.45) is 0 Å². The summed E-state index contributed by atoms with van der Waals surface area (Å²) in [6.07, 6.45) is 0. The highest BCUT2D eigenvalue weighted by Crippen LogP contribution is 2.14. The Labute approximate surface area is 70.8 Å². The summed E-state index contributed by atoms with van der Waals surface area (Å²) in [7, 11) is 0. The Bertz CT molecular complexity index is 307. The molecular formula is C9H11NO2. The van der Waals surface area contributed by atoms with Crippen molar-refractivity contribution >= 4 is 11.5 Å². The molecule has 0 bridgehead atoms. The lowest BCUT2D eigenvalue weighted by molar-refractivity contribution is 0.101. The van der Waals surface area contributed by atoms with Crippen molar-refractivity contribution in [1.29, 1.82) is 0 Å². The van der Waals surface area contributed by atoms with Gasteiger partial charge in [-0.3, -0.25) is 4.79 Å². The summed E-state index contributed by atoms with van der Waals surface area (Å²) in [4.78, 5) is 10.9. The van der Waals surface area contributed by atoms with Gasteiger partial charge in [0.05, 0.1) is 6.61 Å². The third-order valence-corrected chi connectivity index (χ3v) is 1.72. The lowest BCUT2D eigenvalue weighted by atomic mass is 10.1. The predicted molar refractivity (Wildman–Crippen MR) is 46.8 cm³/mol. The smallest absolute Gasteiger partial charge is 0.159 e. The number of nitrogens with two attached hydrogens (primary N) is 1. The van der Waals surface area contributed by atoms with Crippen molar-refractivity contribution in [2.45, 2.75) is 13.5 Å². The fourth-order valence-electron chi connectivity index (χ4n) is 0.958. The van der Waals surface area contributed by atoms with Crippen LogP contribution in [0.25, 0.3) is 0 Å². The number of carbonyl (C=O) groups excluding carboxylic acids is 1. The van der Waals surface area contributed by atoms with Gasteiger partial charge in [0, 0.05) is 16.8 Å². The number of nitrogen functional groups attached to an aromatic ring is 1. The zero-order valence-electron chi connectivity index (χ0n) is 6.87. The first-order valence-corrected chi connectivity index (χ1v) is 3.65. The summed E-state index contributed by atoms with van der Waals surface area (Å²) in [6.45, 7) is 1.39. The Hall–Kier alpha value is -1.35. The second-order valence-electron chi connectivity index (χ2n) is 2.63. The van der Waals surface area contributed by atoms with Crippen molar-refractivity contribution in [2.75, 3.05) is 5.73 Å². The van der Waals surface area contributed by atoms with Gasteiger partial charge in [-0.05, 0) is 13.0 Å². The standard InChI is InChI=1S/C9H11NO2/c1-6(12)7-2-3-8(5-11)9(10)4-7/h2-4,11H,5,10H2,1H3. The predicted octanol–water partition coefficient (Wildman–Crippen LogP) is 0.964. The Morgan fingerprint density at radius 2 is 2.25 bits per heavy atom. The van der Waals surface area contributed by atoms with E-state index in [1.807, 2.05) is 0 Å². The summed E-state index contributed by atoms with van der Waals surface area (Å²) >= 11 is 0. The highest BCUT2D eigenvalue weighted by molar-refractivity contribution is 5.95. The van der Waals surface area contributed by atoms with Crippen LogP contribution in [-0.4, -0.2) is 10.9 Å². The monoisotopic (exact) mass is 165 g/mol. The number of carbonyl (C=O) groups is 1. The first-order valence-electron chi connectivity index (χ1n) is 3.65. The van der Waals surface area contributed by atoms with Crippen LogP contribution in [0.3, 0.4) is 0 Å². The van der Waals surface area contributed by atoms with E-state index in [-0.39, 0.29) is 12.4 Å². The number of aliphatic hydroxyl groups excluding tert-OH is 1. The number of anilines is 1. The maximum atomic E-state index is 10.9. The van der Waals surface area contributed by atoms with Gasteiger partial charge in [0.1, 0.15) is 0 Å². The molecule has 3 N–H and O–H groups in total. The topological polar surface area (TPSA) is 63.3 Å². The van der Waals surface area contributed by atoms with E-state index < -0.39 is 0 Å². The molecule has 0 atom stereocenters. The molecule has 12 heavy (non-hydrogen) atoms. The third kappa shape index (κ3) is 1.62. The summed E-state index contributed by atoms with van der Waals surface area (Å²) < 4.78 is 0. The molecular weight excluding hydrogens is 154 g/mol. The van der Waals surface area contributed by atoms with E-state index in [2.05, 4.69) is 0 Å². The van der Waals surface area contributed by atoms with Crippen molar-refractivity contribution in [1.82, 2.24) is 0 Å². The van der Waals surface area contributed by atoms with Gasteiger partial charge in [0.2, 0.25) is 0 Å². The van der Waals surface area contributed by atoms with Gasteiger partial charge in [-0.1, -0.05) is 12.1 Å². The van der Waals surface area contributed by atoms with E-state index >= 15 is 0 Å². The molecule has 3 heteroatoms. The number of hydrogen-bond donors (Lipinski definition) is 2. The summed E-state index contributed by atoms with van der Waals surface area (Å²) in [5.41, 5.74) is 7.25. The molecule has 0 spiro atoms. The molecule has 0 radical (unpaired) electrons. The van der Waals surface area contributed by atoms with E-state index in [1.165, 1.54) is 6.92 Å². The highest BCUT2D eigenvalue weighted by Gasteiger charge is 2.02. The number of ketones is 1. The molecule has 0 unspecified atom stereocenters. The van der Waals surface area contributed by atoms with Gasteiger partial charge >= 0.3 is 0 Å². The molecule has 1 rings (SSSR count). The fourth-order valence-corrected chi connectivity index (χ4v) is 0.958. The van der Waals surface area contributed by atoms with Gasteiger partial charge in [0.25, 0.3) is 0 Å². The van der Waals surface area contributed by atoms with Gasteiger partial charge in [-0.15, -0.1) is 0 Å². The minimum absolute atomic E-state index is 0.0220. The number of hydrogen-bond acceptors (Lipinski definition) is 3. The molecule has 1 aromatic rings. The molecule has 0 saturated heterocycles. The summed E-state index contributed by atoms with van der Waals surface area (Å²) in [5.74, 6) is -0.0220.